The minimum absolute atomic E-state index is 0.209. The minimum Gasteiger partial charge on any atom is -0.352 e. The third kappa shape index (κ3) is 5.78. The zero-order valence-electron chi connectivity index (χ0n) is 15.9. The van der Waals surface area contributed by atoms with E-state index < -0.39 is 0 Å². The van der Waals surface area contributed by atoms with E-state index in [2.05, 4.69) is 22.8 Å². The van der Waals surface area contributed by atoms with Crippen LogP contribution >= 0.6 is 0 Å². The van der Waals surface area contributed by atoms with Gasteiger partial charge in [0.2, 0.25) is 0 Å². The molecule has 5 heteroatoms. The number of benzene rings is 3. The molecule has 0 saturated heterocycles. The molecule has 0 saturated carbocycles. The van der Waals surface area contributed by atoms with E-state index in [1.165, 1.54) is 5.56 Å². The zero-order chi connectivity index (χ0) is 20.5. The summed E-state index contributed by atoms with van der Waals surface area (Å²) >= 11 is 0. The Morgan fingerprint density at radius 3 is 2.31 bits per heavy atom. The van der Waals surface area contributed by atoms with Gasteiger partial charge in [0.05, 0.1) is 11.6 Å². The van der Waals surface area contributed by atoms with Crippen LogP contribution in [0.15, 0.2) is 78.9 Å². The molecule has 0 atom stereocenters. The van der Waals surface area contributed by atoms with Crippen LogP contribution in [-0.2, 0) is 6.42 Å². The van der Waals surface area contributed by atoms with Gasteiger partial charge in [-0.1, -0.05) is 42.5 Å². The fraction of sp³-hybridized carbons (Fsp3) is 0.125. The Balaban J connectivity index is 1.55. The Hall–Kier alpha value is -3.91. The second kappa shape index (κ2) is 9.86. The molecule has 0 aliphatic heterocycles. The van der Waals surface area contributed by atoms with Crippen molar-refractivity contribution in [3.8, 4) is 6.07 Å². The molecule has 0 aliphatic rings. The third-order valence-corrected chi connectivity index (χ3v) is 4.41. The van der Waals surface area contributed by atoms with Crippen LogP contribution in [0.4, 0.5) is 5.69 Å². The number of anilines is 1. The smallest absolute Gasteiger partial charge is 0.255 e. The lowest BCUT2D eigenvalue weighted by Gasteiger charge is -2.08. The van der Waals surface area contributed by atoms with Crippen molar-refractivity contribution < 1.29 is 9.59 Å². The molecule has 3 aromatic carbocycles. The molecule has 0 spiro atoms. The number of nitrogens with zero attached hydrogens (tertiary/aromatic N) is 1. The number of hydrogen-bond acceptors (Lipinski definition) is 3. The monoisotopic (exact) mass is 383 g/mol. The van der Waals surface area contributed by atoms with Crippen molar-refractivity contribution in [2.45, 2.75) is 12.8 Å². The summed E-state index contributed by atoms with van der Waals surface area (Å²) in [6.45, 7) is 0.561. The maximum absolute atomic E-state index is 12.5. The first-order valence-electron chi connectivity index (χ1n) is 9.39. The quantitative estimate of drug-likeness (QED) is 0.601. The first kappa shape index (κ1) is 19.8. The summed E-state index contributed by atoms with van der Waals surface area (Å²) in [6.07, 6.45) is 1.73. The van der Waals surface area contributed by atoms with Crippen molar-refractivity contribution >= 4 is 17.5 Å². The first-order valence-corrected chi connectivity index (χ1v) is 9.39. The molecule has 0 fully saturated rings. The van der Waals surface area contributed by atoms with Gasteiger partial charge in [-0.05, 0) is 54.8 Å². The molecule has 2 amide bonds. The summed E-state index contributed by atoms with van der Waals surface area (Å²) in [5.74, 6) is -0.544. The van der Waals surface area contributed by atoms with E-state index in [9.17, 15) is 9.59 Å². The van der Waals surface area contributed by atoms with E-state index in [0.29, 0.717) is 28.9 Å². The summed E-state index contributed by atoms with van der Waals surface area (Å²) in [6, 6.07) is 25.4. The Labute approximate surface area is 170 Å². The van der Waals surface area contributed by atoms with E-state index in [1.807, 2.05) is 24.3 Å². The summed E-state index contributed by atoms with van der Waals surface area (Å²) in [7, 11) is 0. The number of nitriles is 1. The average molecular weight is 383 g/mol. The number of hydrogen-bond donors (Lipinski definition) is 2. The molecule has 0 aromatic heterocycles. The van der Waals surface area contributed by atoms with E-state index in [-0.39, 0.29) is 11.8 Å². The van der Waals surface area contributed by atoms with E-state index in [4.69, 9.17) is 5.26 Å². The Morgan fingerprint density at radius 2 is 1.55 bits per heavy atom. The number of aryl methyl sites for hydroxylation is 1. The minimum atomic E-state index is -0.334. The van der Waals surface area contributed by atoms with Crippen LogP contribution in [0.5, 0.6) is 0 Å². The van der Waals surface area contributed by atoms with Crippen molar-refractivity contribution in [1.29, 1.82) is 5.26 Å². The van der Waals surface area contributed by atoms with Crippen molar-refractivity contribution in [3.63, 3.8) is 0 Å². The molecule has 144 valence electrons. The molecule has 0 bridgehead atoms. The Kier molecular flexibility index (Phi) is 6.75. The molecule has 0 heterocycles. The Morgan fingerprint density at radius 1 is 0.828 bits per heavy atom. The highest BCUT2D eigenvalue weighted by atomic mass is 16.2. The summed E-state index contributed by atoms with van der Waals surface area (Å²) in [5.41, 5.74) is 3.05. The van der Waals surface area contributed by atoms with Gasteiger partial charge in [-0.3, -0.25) is 9.59 Å². The number of amides is 2. The van der Waals surface area contributed by atoms with E-state index in [1.54, 1.807) is 48.5 Å². The summed E-state index contributed by atoms with van der Waals surface area (Å²) in [4.78, 5) is 24.9. The van der Waals surface area contributed by atoms with Crippen LogP contribution < -0.4 is 10.6 Å². The number of nitrogens with one attached hydrogen (secondary N) is 2. The molecular formula is C24H21N3O2. The maximum atomic E-state index is 12.5. The second-order valence-electron chi connectivity index (χ2n) is 6.57. The van der Waals surface area contributed by atoms with Crippen molar-refractivity contribution in [2.75, 3.05) is 11.9 Å². The highest BCUT2D eigenvalue weighted by molar-refractivity contribution is 6.06. The highest BCUT2D eigenvalue weighted by Crippen LogP contribution is 2.13. The van der Waals surface area contributed by atoms with Gasteiger partial charge in [0.25, 0.3) is 11.8 Å². The van der Waals surface area contributed by atoms with Gasteiger partial charge >= 0.3 is 0 Å². The molecule has 0 aliphatic carbocycles. The van der Waals surface area contributed by atoms with Gasteiger partial charge in [0.1, 0.15) is 0 Å². The highest BCUT2D eigenvalue weighted by Gasteiger charge is 2.11. The van der Waals surface area contributed by atoms with Gasteiger partial charge in [-0.15, -0.1) is 0 Å². The standard InChI is InChI=1S/C24H21N3O2/c25-17-19-9-4-13-22(15-19)27-24(29)21-12-5-11-20(16-21)23(28)26-14-6-10-18-7-2-1-3-8-18/h1-5,7-9,11-13,15-16H,6,10,14H2,(H,26,28)(H,27,29). The van der Waals surface area contributed by atoms with E-state index in [0.717, 1.165) is 12.8 Å². The zero-order valence-corrected chi connectivity index (χ0v) is 15.9. The Bertz CT molecular complexity index is 1040. The van der Waals surface area contributed by atoms with Gasteiger partial charge in [0, 0.05) is 23.4 Å². The SMILES string of the molecule is N#Cc1cccc(NC(=O)c2cccc(C(=O)NCCCc3ccccc3)c2)c1. The predicted molar refractivity (Wildman–Crippen MR) is 113 cm³/mol. The fourth-order valence-corrected chi connectivity index (χ4v) is 2.91. The van der Waals surface area contributed by atoms with Crippen molar-refractivity contribution in [3.05, 3.63) is 101 Å². The second-order valence-corrected chi connectivity index (χ2v) is 6.57. The lowest BCUT2D eigenvalue weighted by molar-refractivity contribution is 0.0953. The van der Waals surface area contributed by atoms with Gasteiger partial charge in [-0.25, -0.2) is 0 Å². The van der Waals surface area contributed by atoms with Crippen LogP contribution in [0.3, 0.4) is 0 Å². The summed E-state index contributed by atoms with van der Waals surface area (Å²) in [5, 5.41) is 14.6. The molecule has 0 unspecified atom stereocenters. The topological polar surface area (TPSA) is 82.0 Å². The summed E-state index contributed by atoms with van der Waals surface area (Å²) < 4.78 is 0. The molecule has 0 radical (unpaired) electrons. The predicted octanol–water partition coefficient (Wildman–Crippen LogP) is 4.17. The number of carbonyl (C=O) groups is 2. The van der Waals surface area contributed by atoms with Gasteiger partial charge < -0.3 is 10.6 Å². The lowest BCUT2D eigenvalue weighted by atomic mass is 10.1. The normalized spacial score (nSPS) is 10.0. The molecule has 3 rings (SSSR count). The average Bonchev–Trinajstić information content (AvgIpc) is 2.77. The van der Waals surface area contributed by atoms with Crippen LogP contribution in [0, 0.1) is 11.3 Å². The van der Waals surface area contributed by atoms with Crippen LogP contribution in [0.2, 0.25) is 0 Å². The van der Waals surface area contributed by atoms with Crippen molar-refractivity contribution in [1.82, 2.24) is 5.32 Å². The van der Waals surface area contributed by atoms with Crippen LogP contribution in [0.25, 0.3) is 0 Å². The fourth-order valence-electron chi connectivity index (χ4n) is 2.91. The number of rotatable bonds is 7. The van der Waals surface area contributed by atoms with Gasteiger partial charge in [0.15, 0.2) is 0 Å². The van der Waals surface area contributed by atoms with Gasteiger partial charge in [-0.2, -0.15) is 5.26 Å². The molecule has 2 N–H and O–H groups in total. The van der Waals surface area contributed by atoms with E-state index >= 15 is 0 Å². The largest absolute Gasteiger partial charge is 0.352 e. The lowest BCUT2D eigenvalue weighted by Crippen LogP contribution is -2.25. The molecule has 3 aromatic rings. The third-order valence-electron chi connectivity index (χ3n) is 4.41. The number of carbonyl (C=O) groups excluding carboxylic acids is 2. The van der Waals surface area contributed by atoms with Crippen LogP contribution in [-0.4, -0.2) is 18.4 Å². The molecular weight excluding hydrogens is 362 g/mol. The molecule has 5 nitrogen and oxygen atoms in total. The first-order chi connectivity index (χ1) is 14.2. The van der Waals surface area contributed by atoms with Crippen molar-refractivity contribution in [2.24, 2.45) is 0 Å². The van der Waals surface area contributed by atoms with Crippen LogP contribution in [0.1, 0.15) is 38.3 Å². The maximum Gasteiger partial charge on any atom is 0.255 e. The molecule has 29 heavy (non-hydrogen) atoms.